The molecule has 1 unspecified atom stereocenters. The Morgan fingerprint density at radius 1 is 1.09 bits per heavy atom. The van der Waals surface area contributed by atoms with Gasteiger partial charge in [0.2, 0.25) is 0 Å². The van der Waals surface area contributed by atoms with Gasteiger partial charge in [0.15, 0.2) is 17.3 Å². The number of aliphatic imine (C=N–C) groups is 1. The van der Waals surface area contributed by atoms with Crippen molar-refractivity contribution in [2.45, 2.75) is 12.8 Å². The highest BCUT2D eigenvalue weighted by atomic mass is 16.5. The highest BCUT2D eigenvalue weighted by Crippen LogP contribution is 2.26. The van der Waals surface area contributed by atoms with Gasteiger partial charge >= 0.3 is 0 Å². The molecule has 0 saturated heterocycles. The van der Waals surface area contributed by atoms with E-state index < -0.39 is 0 Å². The minimum atomic E-state index is -0.154. The molecule has 0 spiro atoms. The molecule has 0 fully saturated rings. The molecule has 23 heavy (non-hydrogen) atoms. The van der Waals surface area contributed by atoms with Crippen LogP contribution in [0.1, 0.15) is 24.0 Å². The average Bonchev–Trinajstić information content (AvgIpc) is 2.61. The van der Waals surface area contributed by atoms with Crippen LogP contribution in [0.4, 0.5) is 0 Å². The van der Waals surface area contributed by atoms with Crippen molar-refractivity contribution in [1.82, 2.24) is 0 Å². The molecule has 0 aromatic heterocycles. The van der Waals surface area contributed by atoms with Gasteiger partial charge in [0.1, 0.15) is 0 Å². The van der Waals surface area contributed by atoms with Gasteiger partial charge in [0.05, 0.1) is 20.8 Å². The predicted molar refractivity (Wildman–Crippen MR) is 91.9 cm³/mol. The van der Waals surface area contributed by atoms with Crippen molar-refractivity contribution in [2.24, 2.45) is 4.99 Å². The van der Waals surface area contributed by atoms with Gasteiger partial charge in [-0.05, 0) is 29.3 Å². The molecule has 0 radical (unpaired) electrons. The molecule has 0 aliphatic rings. The van der Waals surface area contributed by atoms with Crippen molar-refractivity contribution in [3.05, 3.63) is 59.7 Å². The van der Waals surface area contributed by atoms with Gasteiger partial charge in [-0.3, -0.25) is 9.79 Å². The van der Waals surface area contributed by atoms with Crippen LogP contribution in [0.3, 0.4) is 0 Å². The summed E-state index contributed by atoms with van der Waals surface area (Å²) < 4.78 is 10.4. The molecule has 0 N–H and O–H groups in total. The number of nitrogens with zero attached hydrogens (tertiary/aromatic N) is 1. The largest absolute Gasteiger partial charge is 0.493 e. The molecule has 0 amide bonds. The third-order valence-electron chi connectivity index (χ3n) is 3.68. The lowest BCUT2D eigenvalue weighted by Crippen LogP contribution is -2.12. The van der Waals surface area contributed by atoms with E-state index in [0.717, 1.165) is 11.1 Å². The second kappa shape index (κ2) is 8.13. The summed E-state index contributed by atoms with van der Waals surface area (Å²) in [4.78, 5) is 16.4. The minimum Gasteiger partial charge on any atom is -0.493 e. The molecular weight excluding hydrogens is 290 g/mol. The van der Waals surface area contributed by atoms with Crippen molar-refractivity contribution in [3.8, 4) is 11.5 Å². The minimum absolute atomic E-state index is 0.0907. The summed E-state index contributed by atoms with van der Waals surface area (Å²) in [5.41, 5.74) is 1.88. The van der Waals surface area contributed by atoms with Crippen LogP contribution in [0.15, 0.2) is 53.5 Å². The Morgan fingerprint density at radius 2 is 1.78 bits per heavy atom. The summed E-state index contributed by atoms with van der Waals surface area (Å²) in [7, 11) is 3.18. The molecule has 0 bridgehead atoms. The van der Waals surface area contributed by atoms with E-state index in [2.05, 4.69) is 4.99 Å². The van der Waals surface area contributed by atoms with Crippen molar-refractivity contribution in [1.29, 1.82) is 0 Å². The Morgan fingerprint density at radius 3 is 2.43 bits per heavy atom. The molecule has 120 valence electrons. The summed E-state index contributed by atoms with van der Waals surface area (Å²) in [5.74, 6) is 1.24. The summed E-state index contributed by atoms with van der Waals surface area (Å²) in [6, 6.07) is 15.2. The van der Waals surface area contributed by atoms with Crippen LogP contribution in [0.5, 0.6) is 11.5 Å². The number of methoxy groups -OCH3 is 2. The molecule has 2 rings (SSSR count). The average molecular weight is 311 g/mol. The third-order valence-corrected chi connectivity index (χ3v) is 3.68. The number of ketones is 1. The van der Waals surface area contributed by atoms with Crippen molar-refractivity contribution in [3.63, 3.8) is 0 Å². The summed E-state index contributed by atoms with van der Waals surface area (Å²) in [6.45, 7) is 2.06. The van der Waals surface area contributed by atoms with Crippen LogP contribution < -0.4 is 9.47 Å². The van der Waals surface area contributed by atoms with Gasteiger partial charge < -0.3 is 9.47 Å². The Kier molecular flexibility index (Phi) is 5.92. The lowest BCUT2D eigenvalue weighted by atomic mass is 9.97. The molecule has 2 aromatic carbocycles. The highest BCUT2D eigenvalue weighted by Gasteiger charge is 2.13. The zero-order valence-corrected chi connectivity index (χ0v) is 13.7. The predicted octanol–water partition coefficient (Wildman–Crippen LogP) is 3.50. The molecular formula is C19H21NO3. The number of carbonyl (C=O) groups is 1. The van der Waals surface area contributed by atoms with E-state index in [0.29, 0.717) is 11.5 Å². The summed E-state index contributed by atoms with van der Waals surface area (Å²) >= 11 is 0. The highest BCUT2D eigenvalue weighted by molar-refractivity contribution is 5.89. The van der Waals surface area contributed by atoms with Gasteiger partial charge in [-0.2, -0.15) is 0 Å². The summed E-state index contributed by atoms with van der Waals surface area (Å²) in [5, 5.41) is 0. The van der Waals surface area contributed by atoms with Crippen LogP contribution >= 0.6 is 0 Å². The Labute approximate surface area is 136 Å². The van der Waals surface area contributed by atoms with Crippen LogP contribution in [0.2, 0.25) is 0 Å². The maximum absolute atomic E-state index is 12.2. The first-order valence-electron chi connectivity index (χ1n) is 7.45. The second-order valence-corrected chi connectivity index (χ2v) is 5.18. The van der Waals surface area contributed by atoms with E-state index in [1.165, 1.54) is 0 Å². The number of Topliss-reactive ketones (excluding diaryl/α,β-unsaturated/α-hetero) is 1. The first kappa shape index (κ1) is 16.7. The zero-order valence-electron chi connectivity index (χ0n) is 13.7. The Balaban J connectivity index is 2.00. The number of carbonyl (C=O) groups excluding carboxylic acids is 1. The zero-order chi connectivity index (χ0) is 16.7. The SMILES string of the molecule is COc1ccc(C=NCC(=O)C(C)c2ccccc2)cc1OC. The van der Waals surface area contributed by atoms with Crippen LogP contribution in [-0.2, 0) is 4.79 Å². The molecule has 2 aromatic rings. The van der Waals surface area contributed by atoms with Gasteiger partial charge in [-0.15, -0.1) is 0 Å². The lowest BCUT2D eigenvalue weighted by molar-refractivity contribution is -0.118. The topological polar surface area (TPSA) is 47.9 Å². The van der Waals surface area contributed by atoms with E-state index in [4.69, 9.17) is 9.47 Å². The molecule has 4 nitrogen and oxygen atoms in total. The number of rotatable bonds is 7. The van der Waals surface area contributed by atoms with E-state index in [9.17, 15) is 4.79 Å². The fourth-order valence-corrected chi connectivity index (χ4v) is 2.24. The number of hydrogen-bond acceptors (Lipinski definition) is 4. The molecule has 0 aliphatic heterocycles. The maximum Gasteiger partial charge on any atom is 0.161 e. The molecule has 1 atom stereocenters. The van der Waals surface area contributed by atoms with Gasteiger partial charge in [0.25, 0.3) is 0 Å². The summed E-state index contributed by atoms with van der Waals surface area (Å²) in [6.07, 6.45) is 1.68. The van der Waals surface area contributed by atoms with Crippen LogP contribution in [0, 0.1) is 0 Å². The van der Waals surface area contributed by atoms with Crippen molar-refractivity contribution in [2.75, 3.05) is 20.8 Å². The number of hydrogen-bond donors (Lipinski definition) is 0. The van der Waals surface area contributed by atoms with E-state index in [-0.39, 0.29) is 18.2 Å². The third kappa shape index (κ3) is 4.42. The van der Waals surface area contributed by atoms with E-state index in [1.54, 1.807) is 20.4 Å². The maximum atomic E-state index is 12.2. The van der Waals surface area contributed by atoms with E-state index in [1.807, 2.05) is 55.5 Å². The number of ether oxygens (including phenoxy) is 2. The van der Waals surface area contributed by atoms with Crippen LogP contribution in [-0.4, -0.2) is 32.8 Å². The smallest absolute Gasteiger partial charge is 0.161 e. The molecule has 0 aliphatic carbocycles. The standard InChI is InChI=1S/C19H21NO3/c1-14(16-7-5-4-6-8-16)17(21)13-20-12-15-9-10-18(22-2)19(11-15)23-3/h4-12,14H,13H2,1-3H3. The monoisotopic (exact) mass is 311 g/mol. The lowest BCUT2D eigenvalue weighted by Gasteiger charge is -2.09. The normalized spacial score (nSPS) is 12.1. The Bertz CT molecular complexity index is 680. The second-order valence-electron chi connectivity index (χ2n) is 5.18. The van der Waals surface area contributed by atoms with Crippen molar-refractivity contribution >= 4 is 12.0 Å². The van der Waals surface area contributed by atoms with Gasteiger partial charge in [-0.1, -0.05) is 37.3 Å². The van der Waals surface area contributed by atoms with Crippen molar-refractivity contribution < 1.29 is 14.3 Å². The fourth-order valence-electron chi connectivity index (χ4n) is 2.24. The number of benzene rings is 2. The molecule has 0 heterocycles. The Hall–Kier alpha value is -2.62. The van der Waals surface area contributed by atoms with E-state index >= 15 is 0 Å². The van der Waals surface area contributed by atoms with Gasteiger partial charge in [-0.25, -0.2) is 0 Å². The van der Waals surface area contributed by atoms with Crippen LogP contribution in [0.25, 0.3) is 0 Å². The van der Waals surface area contributed by atoms with Gasteiger partial charge in [0, 0.05) is 12.1 Å². The molecule has 0 saturated carbocycles. The first-order valence-corrected chi connectivity index (χ1v) is 7.45. The quantitative estimate of drug-likeness (QED) is 0.735. The molecule has 4 heteroatoms. The fraction of sp³-hybridized carbons (Fsp3) is 0.263. The first-order chi connectivity index (χ1) is 11.2.